The Hall–Kier alpha value is -2.09. The van der Waals surface area contributed by atoms with Gasteiger partial charge in [0.1, 0.15) is 5.75 Å². The first kappa shape index (κ1) is 19.7. The lowest BCUT2D eigenvalue weighted by Gasteiger charge is -2.38. The summed E-state index contributed by atoms with van der Waals surface area (Å²) in [5.74, 6) is 0.684. The first-order valence-electron chi connectivity index (χ1n) is 9.38. The molecule has 1 aliphatic rings. The molecule has 0 radical (unpaired) electrons. The van der Waals surface area contributed by atoms with Crippen molar-refractivity contribution in [3.05, 3.63) is 46.7 Å². The monoisotopic (exact) mass is 388 g/mol. The number of thiophene rings is 1. The molecule has 1 atom stereocenters. The van der Waals surface area contributed by atoms with Crippen molar-refractivity contribution in [3.8, 4) is 5.75 Å². The molecule has 3 rings (SSSR count). The molecule has 2 amide bonds. The first-order chi connectivity index (χ1) is 13.2. The van der Waals surface area contributed by atoms with Gasteiger partial charge < -0.3 is 20.3 Å². The number of amides is 2. The van der Waals surface area contributed by atoms with E-state index in [1.807, 2.05) is 31.2 Å². The Kier molecular flexibility index (Phi) is 7.09. The number of hydrogen-bond donors (Lipinski definition) is 2. The largest absolute Gasteiger partial charge is 0.492 e. The highest BCUT2D eigenvalue weighted by atomic mass is 32.1. The average molecular weight is 389 g/mol. The van der Waals surface area contributed by atoms with Gasteiger partial charge in [-0.1, -0.05) is 12.1 Å². The van der Waals surface area contributed by atoms with Crippen molar-refractivity contribution in [2.24, 2.45) is 0 Å². The predicted molar refractivity (Wildman–Crippen MR) is 111 cm³/mol. The third-order valence-corrected chi connectivity index (χ3v) is 5.50. The summed E-state index contributed by atoms with van der Waals surface area (Å²) in [6.45, 7) is 7.18. The lowest BCUT2D eigenvalue weighted by molar-refractivity contribution is 0.111. The van der Waals surface area contributed by atoms with Crippen molar-refractivity contribution in [3.63, 3.8) is 0 Å². The van der Waals surface area contributed by atoms with Gasteiger partial charge in [0.15, 0.2) is 0 Å². The summed E-state index contributed by atoms with van der Waals surface area (Å²) in [6.07, 6.45) is 0. The predicted octanol–water partition coefficient (Wildman–Crippen LogP) is 3.26. The minimum Gasteiger partial charge on any atom is -0.492 e. The van der Waals surface area contributed by atoms with Gasteiger partial charge in [0.25, 0.3) is 0 Å². The molecule has 1 aromatic carbocycles. The topological polar surface area (TPSA) is 56.8 Å². The highest BCUT2D eigenvalue weighted by Gasteiger charge is 2.24. The van der Waals surface area contributed by atoms with E-state index in [4.69, 9.17) is 4.74 Å². The van der Waals surface area contributed by atoms with E-state index < -0.39 is 0 Å². The number of nitrogens with zero attached hydrogens (tertiary/aromatic N) is 2. The summed E-state index contributed by atoms with van der Waals surface area (Å²) in [7, 11) is 2.15. The van der Waals surface area contributed by atoms with E-state index in [1.54, 1.807) is 11.3 Å². The van der Waals surface area contributed by atoms with Crippen molar-refractivity contribution in [1.82, 2.24) is 15.1 Å². The average Bonchev–Trinajstić information content (AvgIpc) is 3.19. The molecule has 6 nitrogen and oxygen atoms in total. The van der Waals surface area contributed by atoms with Crippen molar-refractivity contribution in [1.29, 1.82) is 0 Å². The van der Waals surface area contributed by atoms with Crippen LogP contribution in [0.25, 0.3) is 0 Å². The molecule has 1 aromatic heterocycles. The number of carbonyl (C=O) groups is 1. The van der Waals surface area contributed by atoms with E-state index in [0.29, 0.717) is 24.6 Å². The van der Waals surface area contributed by atoms with E-state index in [9.17, 15) is 4.79 Å². The van der Waals surface area contributed by atoms with Crippen LogP contribution in [-0.2, 0) is 0 Å². The van der Waals surface area contributed by atoms with Crippen molar-refractivity contribution >= 4 is 23.1 Å². The molecule has 27 heavy (non-hydrogen) atoms. The number of carbonyl (C=O) groups excluding carboxylic acids is 1. The van der Waals surface area contributed by atoms with E-state index in [2.05, 4.69) is 44.3 Å². The summed E-state index contributed by atoms with van der Waals surface area (Å²) < 4.78 is 5.57. The lowest BCUT2D eigenvalue weighted by Crippen LogP contribution is -2.48. The number of para-hydroxylation sites is 2. The molecule has 2 heterocycles. The minimum absolute atomic E-state index is 0.192. The molecule has 0 aliphatic carbocycles. The van der Waals surface area contributed by atoms with Crippen LogP contribution in [0.15, 0.2) is 41.1 Å². The van der Waals surface area contributed by atoms with Gasteiger partial charge in [-0.15, -0.1) is 0 Å². The molecule has 2 N–H and O–H groups in total. The van der Waals surface area contributed by atoms with Gasteiger partial charge >= 0.3 is 6.03 Å². The van der Waals surface area contributed by atoms with Gasteiger partial charge in [-0.2, -0.15) is 11.3 Å². The number of benzene rings is 1. The molecule has 1 saturated heterocycles. The van der Waals surface area contributed by atoms with Gasteiger partial charge in [-0.3, -0.25) is 4.90 Å². The number of ether oxygens (including phenoxy) is 1. The Morgan fingerprint density at radius 1 is 1.22 bits per heavy atom. The van der Waals surface area contributed by atoms with Crippen molar-refractivity contribution in [2.75, 3.05) is 51.7 Å². The number of hydrogen-bond acceptors (Lipinski definition) is 5. The third kappa shape index (κ3) is 5.45. The van der Waals surface area contributed by atoms with E-state index in [-0.39, 0.29) is 12.1 Å². The van der Waals surface area contributed by atoms with Crippen LogP contribution >= 0.6 is 11.3 Å². The Morgan fingerprint density at radius 2 is 2.00 bits per heavy atom. The maximum atomic E-state index is 12.5. The molecule has 0 spiro atoms. The number of rotatable bonds is 7. The van der Waals surface area contributed by atoms with Gasteiger partial charge in [0.2, 0.25) is 0 Å². The number of likely N-dealkylation sites (N-methyl/N-ethyl adjacent to an activating group) is 1. The Morgan fingerprint density at radius 3 is 2.70 bits per heavy atom. The third-order valence-electron chi connectivity index (χ3n) is 4.80. The molecule has 7 heteroatoms. The zero-order valence-electron chi connectivity index (χ0n) is 16.0. The lowest BCUT2D eigenvalue weighted by atomic mass is 10.1. The second-order valence-electron chi connectivity index (χ2n) is 6.68. The van der Waals surface area contributed by atoms with Crippen molar-refractivity contribution < 1.29 is 9.53 Å². The zero-order valence-corrected chi connectivity index (χ0v) is 16.8. The number of nitrogens with one attached hydrogen (secondary N) is 2. The summed E-state index contributed by atoms with van der Waals surface area (Å²) in [6, 6.07) is 9.62. The van der Waals surface area contributed by atoms with Crippen LogP contribution in [0.2, 0.25) is 0 Å². The van der Waals surface area contributed by atoms with Gasteiger partial charge in [-0.25, -0.2) is 4.79 Å². The second-order valence-corrected chi connectivity index (χ2v) is 7.46. The highest BCUT2D eigenvalue weighted by molar-refractivity contribution is 7.07. The zero-order chi connectivity index (χ0) is 19.1. The fourth-order valence-electron chi connectivity index (χ4n) is 3.26. The summed E-state index contributed by atoms with van der Waals surface area (Å²) >= 11 is 1.69. The summed E-state index contributed by atoms with van der Waals surface area (Å²) in [5, 5.41) is 10.2. The summed E-state index contributed by atoms with van der Waals surface area (Å²) in [5.41, 5.74) is 1.95. The highest BCUT2D eigenvalue weighted by Crippen LogP contribution is 2.25. The number of urea groups is 1. The minimum atomic E-state index is -0.212. The maximum absolute atomic E-state index is 12.5. The van der Waals surface area contributed by atoms with Crippen LogP contribution in [0, 0.1) is 0 Å². The second kappa shape index (κ2) is 9.73. The van der Waals surface area contributed by atoms with E-state index >= 15 is 0 Å². The number of piperazine rings is 1. The fraction of sp³-hybridized carbons (Fsp3) is 0.450. The summed E-state index contributed by atoms with van der Waals surface area (Å²) in [4.78, 5) is 17.3. The van der Waals surface area contributed by atoms with Gasteiger partial charge in [0.05, 0.1) is 18.3 Å². The maximum Gasteiger partial charge on any atom is 0.319 e. The number of anilines is 1. The van der Waals surface area contributed by atoms with Crippen LogP contribution < -0.4 is 15.4 Å². The molecule has 0 bridgehead atoms. The van der Waals surface area contributed by atoms with Gasteiger partial charge in [0, 0.05) is 32.7 Å². The quantitative estimate of drug-likeness (QED) is 0.764. The molecule has 0 saturated carbocycles. The first-order valence-corrected chi connectivity index (χ1v) is 10.3. The molecular formula is C20H28N4O2S. The van der Waals surface area contributed by atoms with Crippen LogP contribution in [-0.4, -0.2) is 62.2 Å². The van der Waals surface area contributed by atoms with Crippen LogP contribution in [0.3, 0.4) is 0 Å². The van der Waals surface area contributed by atoms with Crippen LogP contribution in [0.5, 0.6) is 5.75 Å². The Labute approximate surface area is 165 Å². The molecule has 1 unspecified atom stereocenters. The fourth-order valence-corrected chi connectivity index (χ4v) is 3.97. The van der Waals surface area contributed by atoms with Crippen LogP contribution in [0.1, 0.15) is 18.5 Å². The van der Waals surface area contributed by atoms with E-state index in [0.717, 1.165) is 26.2 Å². The van der Waals surface area contributed by atoms with Crippen LogP contribution in [0.4, 0.5) is 10.5 Å². The molecular weight excluding hydrogens is 360 g/mol. The van der Waals surface area contributed by atoms with Crippen molar-refractivity contribution in [2.45, 2.75) is 13.0 Å². The smallest absolute Gasteiger partial charge is 0.319 e. The molecule has 1 aliphatic heterocycles. The Bertz CT molecular complexity index is 715. The molecule has 2 aromatic rings. The van der Waals surface area contributed by atoms with E-state index in [1.165, 1.54) is 5.56 Å². The Balaban J connectivity index is 1.61. The standard InChI is InChI=1S/C20H28N4O2S/c1-3-26-19-7-5-4-6-17(19)22-20(25)21-14-18(16-8-13-27-15-16)24-11-9-23(2)10-12-24/h4-8,13,15,18H,3,9-12,14H2,1-2H3,(H2,21,22,25). The molecule has 146 valence electrons. The SMILES string of the molecule is CCOc1ccccc1NC(=O)NCC(c1ccsc1)N1CCN(C)CC1. The normalized spacial score (nSPS) is 16.7. The molecule has 1 fully saturated rings. The van der Waals surface area contributed by atoms with Gasteiger partial charge in [-0.05, 0) is 48.5 Å².